The molecular weight excluding hydrogens is 525 g/mol. The maximum absolute atomic E-state index is 14.6. The summed E-state index contributed by atoms with van der Waals surface area (Å²) in [6.45, 7) is 1.55. The first-order chi connectivity index (χ1) is 17.2. The van der Waals surface area contributed by atoms with Gasteiger partial charge in [0, 0.05) is 22.8 Å². The van der Waals surface area contributed by atoms with Gasteiger partial charge in [0.25, 0.3) is 17.4 Å². The fourth-order valence-corrected chi connectivity index (χ4v) is 7.94. The van der Waals surface area contributed by atoms with Crippen LogP contribution in [-0.4, -0.2) is 39.2 Å². The topological polar surface area (TPSA) is 101 Å². The summed E-state index contributed by atoms with van der Waals surface area (Å²) in [6.07, 6.45) is 0. The maximum atomic E-state index is 14.6. The van der Waals surface area contributed by atoms with Gasteiger partial charge < -0.3 is 14.0 Å². The zero-order valence-electron chi connectivity index (χ0n) is 19.7. The van der Waals surface area contributed by atoms with Crippen LogP contribution in [-0.2, 0) is 23.8 Å². The SMILES string of the molecule is CCOC(=O)c1c(P(=O)(OC)c2cccc(OC)c2)c2cc(Cl)ccc2n1S(=O)(=O)c1ccccc1. The van der Waals surface area contributed by atoms with Crippen LogP contribution in [0.1, 0.15) is 17.4 Å². The van der Waals surface area contributed by atoms with Crippen LogP contribution in [0.2, 0.25) is 5.02 Å². The molecule has 0 aliphatic heterocycles. The Morgan fingerprint density at radius 3 is 2.36 bits per heavy atom. The minimum atomic E-state index is -4.34. The normalized spacial score (nSPS) is 13.3. The number of methoxy groups -OCH3 is 1. The van der Waals surface area contributed by atoms with E-state index in [0.29, 0.717) is 5.75 Å². The summed E-state index contributed by atoms with van der Waals surface area (Å²) < 4.78 is 59.4. The Labute approximate surface area is 213 Å². The molecule has 0 spiro atoms. The first-order valence-corrected chi connectivity index (χ1v) is 14.3. The second-order valence-corrected chi connectivity index (χ2v) is 12.3. The second-order valence-electron chi connectivity index (χ2n) is 7.60. The molecule has 1 aromatic heterocycles. The highest BCUT2D eigenvalue weighted by Gasteiger charge is 2.41. The average Bonchev–Trinajstić information content (AvgIpc) is 3.24. The number of hydrogen-bond donors (Lipinski definition) is 0. The number of rotatable bonds is 8. The first-order valence-electron chi connectivity index (χ1n) is 10.8. The van der Waals surface area contributed by atoms with Crippen molar-refractivity contribution >= 4 is 56.5 Å². The number of hydrogen-bond acceptors (Lipinski definition) is 7. The predicted octanol–water partition coefficient (Wildman–Crippen LogP) is 4.59. The number of carbonyl (C=O) groups is 1. The lowest BCUT2D eigenvalue weighted by atomic mass is 10.2. The highest BCUT2D eigenvalue weighted by Crippen LogP contribution is 2.49. The van der Waals surface area contributed by atoms with Crippen molar-refractivity contribution in [1.82, 2.24) is 3.97 Å². The summed E-state index contributed by atoms with van der Waals surface area (Å²) in [7, 11) is -5.75. The standard InChI is InChI=1S/C25H23ClNO7PS/c1-4-34-25(28)23-24(35(29,33-3)19-10-8-9-18(16-19)32-2)21-15-17(26)13-14-22(21)27(23)36(30,31)20-11-6-5-7-12-20/h5-16H,4H2,1-3H3. The van der Waals surface area contributed by atoms with Crippen molar-refractivity contribution in [3.8, 4) is 5.75 Å². The summed E-state index contributed by atoms with van der Waals surface area (Å²) in [4.78, 5) is 13.3. The number of fused-ring (bicyclic) bond motifs is 1. The van der Waals surface area contributed by atoms with Crippen LogP contribution >= 0.6 is 19.0 Å². The van der Waals surface area contributed by atoms with E-state index in [0.717, 1.165) is 3.97 Å². The van der Waals surface area contributed by atoms with Crippen molar-refractivity contribution in [3.63, 3.8) is 0 Å². The summed E-state index contributed by atoms with van der Waals surface area (Å²) >= 11 is 6.29. The lowest BCUT2D eigenvalue weighted by Crippen LogP contribution is -2.28. The van der Waals surface area contributed by atoms with E-state index in [9.17, 15) is 17.8 Å². The maximum Gasteiger partial charge on any atom is 0.356 e. The molecule has 11 heteroatoms. The Bertz CT molecular complexity index is 1600. The zero-order chi connectivity index (χ0) is 26.1. The number of esters is 1. The van der Waals surface area contributed by atoms with Gasteiger partial charge in [0.15, 0.2) is 5.69 Å². The van der Waals surface area contributed by atoms with Crippen LogP contribution < -0.4 is 15.3 Å². The lowest BCUT2D eigenvalue weighted by molar-refractivity contribution is 0.0520. The third-order valence-electron chi connectivity index (χ3n) is 5.55. The van der Waals surface area contributed by atoms with Crippen LogP contribution in [0.15, 0.2) is 77.7 Å². The van der Waals surface area contributed by atoms with E-state index in [-0.39, 0.29) is 38.0 Å². The Kier molecular flexibility index (Phi) is 7.29. The zero-order valence-corrected chi connectivity index (χ0v) is 22.1. The minimum Gasteiger partial charge on any atom is -0.497 e. The molecular formula is C25H23ClNO7PS. The van der Waals surface area contributed by atoms with E-state index in [1.165, 1.54) is 50.6 Å². The van der Waals surface area contributed by atoms with Crippen molar-refractivity contribution in [2.45, 2.75) is 11.8 Å². The van der Waals surface area contributed by atoms with Gasteiger partial charge in [-0.15, -0.1) is 0 Å². The van der Waals surface area contributed by atoms with Crippen LogP contribution in [0.3, 0.4) is 0 Å². The molecule has 1 atom stereocenters. The fourth-order valence-electron chi connectivity index (χ4n) is 3.96. The molecule has 1 unspecified atom stereocenters. The number of aromatic nitrogens is 1. The van der Waals surface area contributed by atoms with E-state index >= 15 is 0 Å². The van der Waals surface area contributed by atoms with Gasteiger partial charge in [0.05, 0.1) is 29.4 Å². The van der Waals surface area contributed by atoms with E-state index in [1.807, 2.05) is 0 Å². The van der Waals surface area contributed by atoms with E-state index < -0.39 is 29.1 Å². The van der Waals surface area contributed by atoms with E-state index in [4.69, 9.17) is 25.6 Å². The fraction of sp³-hybridized carbons (Fsp3) is 0.160. The van der Waals surface area contributed by atoms with Crippen molar-refractivity contribution in [2.75, 3.05) is 20.8 Å². The molecule has 0 saturated carbocycles. The van der Waals surface area contributed by atoms with Gasteiger partial charge in [-0.05, 0) is 55.5 Å². The van der Waals surface area contributed by atoms with Gasteiger partial charge in [-0.1, -0.05) is 35.9 Å². The van der Waals surface area contributed by atoms with Crippen molar-refractivity contribution in [3.05, 3.63) is 83.5 Å². The second kappa shape index (κ2) is 10.1. The van der Waals surface area contributed by atoms with Crippen molar-refractivity contribution in [1.29, 1.82) is 0 Å². The van der Waals surface area contributed by atoms with Gasteiger partial charge in [0.1, 0.15) is 5.75 Å². The molecule has 0 N–H and O–H groups in total. The quantitative estimate of drug-likeness (QED) is 0.235. The molecule has 3 aromatic carbocycles. The third-order valence-corrected chi connectivity index (χ3v) is 10.0. The smallest absolute Gasteiger partial charge is 0.356 e. The molecule has 0 bridgehead atoms. The molecule has 0 amide bonds. The average molecular weight is 548 g/mol. The highest BCUT2D eigenvalue weighted by atomic mass is 35.5. The van der Waals surface area contributed by atoms with Crippen LogP contribution in [0.5, 0.6) is 5.75 Å². The molecule has 36 heavy (non-hydrogen) atoms. The molecule has 4 aromatic rings. The molecule has 4 rings (SSSR count). The Morgan fingerprint density at radius 2 is 1.72 bits per heavy atom. The van der Waals surface area contributed by atoms with Gasteiger partial charge in [-0.2, -0.15) is 0 Å². The predicted molar refractivity (Wildman–Crippen MR) is 139 cm³/mol. The van der Waals surface area contributed by atoms with E-state index in [2.05, 4.69) is 0 Å². The Morgan fingerprint density at radius 1 is 1.00 bits per heavy atom. The van der Waals surface area contributed by atoms with Gasteiger partial charge in [-0.25, -0.2) is 17.2 Å². The van der Waals surface area contributed by atoms with Gasteiger partial charge in [0.2, 0.25) is 0 Å². The summed E-state index contributed by atoms with van der Waals surface area (Å²) in [5.74, 6) is -0.569. The van der Waals surface area contributed by atoms with Gasteiger partial charge in [-0.3, -0.25) is 4.57 Å². The minimum absolute atomic E-state index is 0.0393. The summed E-state index contributed by atoms with van der Waals surface area (Å²) in [5, 5.41) is 0.500. The van der Waals surface area contributed by atoms with Crippen molar-refractivity contribution < 1.29 is 31.8 Å². The molecule has 0 fully saturated rings. The first kappa shape index (κ1) is 26.0. The number of benzene rings is 3. The molecule has 0 aliphatic carbocycles. The number of halogens is 1. The summed E-state index contributed by atoms with van der Waals surface area (Å²) in [6, 6.07) is 18.4. The molecule has 188 valence electrons. The molecule has 0 radical (unpaired) electrons. The largest absolute Gasteiger partial charge is 0.497 e. The van der Waals surface area contributed by atoms with Crippen LogP contribution in [0, 0.1) is 0 Å². The monoisotopic (exact) mass is 547 g/mol. The van der Waals surface area contributed by atoms with Gasteiger partial charge >= 0.3 is 5.97 Å². The summed E-state index contributed by atoms with van der Waals surface area (Å²) in [5.41, 5.74) is -0.326. The highest BCUT2D eigenvalue weighted by molar-refractivity contribution is 7.90. The number of nitrogens with zero attached hydrogens (tertiary/aromatic N) is 1. The number of carbonyl (C=O) groups excluding carboxylic acids is 1. The van der Waals surface area contributed by atoms with Crippen LogP contribution in [0.25, 0.3) is 10.9 Å². The van der Waals surface area contributed by atoms with E-state index in [1.54, 1.807) is 43.3 Å². The Balaban J connectivity index is 2.20. The molecule has 8 nitrogen and oxygen atoms in total. The molecule has 0 aliphatic rings. The number of ether oxygens (including phenoxy) is 2. The Hall–Kier alpha value is -3.10. The lowest BCUT2D eigenvalue weighted by Gasteiger charge is -2.19. The van der Waals surface area contributed by atoms with Crippen LogP contribution in [0.4, 0.5) is 0 Å². The molecule has 0 saturated heterocycles. The molecule has 1 heterocycles. The van der Waals surface area contributed by atoms with Crippen molar-refractivity contribution in [2.24, 2.45) is 0 Å². The third kappa shape index (κ3) is 4.33.